The minimum absolute atomic E-state index is 0.148. The Morgan fingerprint density at radius 3 is 2.38 bits per heavy atom. The van der Waals surface area contributed by atoms with Crippen molar-refractivity contribution in [2.45, 2.75) is 31.4 Å². The molecular weight excluding hydrogens is 190 g/mol. The molecule has 78 valence electrons. The van der Waals surface area contributed by atoms with E-state index >= 15 is 0 Å². The average molecular weight is 207 g/mol. The first-order chi connectivity index (χ1) is 5.90. The van der Waals surface area contributed by atoms with Gasteiger partial charge >= 0.3 is 0 Å². The molecule has 0 amide bonds. The predicted molar refractivity (Wildman–Crippen MR) is 51.0 cm³/mol. The van der Waals surface area contributed by atoms with E-state index in [-0.39, 0.29) is 12.1 Å². The first kappa shape index (κ1) is 10.9. The van der Waals surface area contributed by atoms with E-state index in [4.69, 9.17) is 4.18 Å². The minimum atomic E-state index is -3.30. The minimum Gasteiger partial charge on any atom is -0.304 e. The van der Waals surface area contributed by atoms with Gasteiger partial charge in [0, 0.05) is 6.04 Å². The van der Waals surface area contributed by atoms with Crippen LogP contribution in [0, 0.1) is 0 Å². The standard InChI is InChI=1S/C8H17NO3S/c1-9(2)7-5-4-6-8(7)12-13(3,10)11/h7-8H,4-6H2,1-3H3. The molecule has 0 N–H and O–H groups in total. The monoisotopic (exact) mass is 207 g/mol. The van der Waals surface area contributed by atoms with Crippen molar-refractivity contribution in [2.75, 3.05) is 20.4 Å². The zero-order chi connectivity index (χ0) is 10.1. The van der Waals surface area contributed by atoms with Gasteiger partial charge in [0.1, 0.15) is 0 Å². The normalized spacial score (nSPS) is 29.8. The number of nitrogens with zero attached hydrogens (tertiary/aromatic N) is 1. The van der Waals surface area contributed by atoms with Crippen LogP contribution in [0.3, 0.4) is 0 Å². The van der Waals surface area contributed by atoms with E-state index in [0.717, 1.165) is 25.5 Å². The highest BCUT2D eigenvalue weighted by Gasteiger charge is 2.32. The van der Waals surface area contributed by atoms with Gasteiger partial charge in [-0.05, 0) is 33.4 Å². The lowest BCUT2D eigenvalue weighted by molar-refractivity contribution is 0.128. The third-order valence-electron chi connectivity index (χ3n) is 2.38. The van der Waals surface area contributed by atoms with Gasteiger partial charge in [0.2, 0.25) is 0 Å². The van der Waals surface area contributed by atoms with Gasteiger partial charge in [0.15, 0.2) is 0 Å². The van der Waals surface area contributed by atoms with Crippen molar-refractivity contribution < 1.29 is 12.6 Å². The van der Waals surface area contributed by atoms with Crippen LogP contribution >= 0.6 is 0 Å². The zero-order valence-corrected chi connectivity index (χ0v) is 9.17. The lowest BCUT2D eigenvalue weighted by atomic mass is 10.2. The SMILES string of the molecule is CN(C)C1CCCC1OS(C)(=O)=O. The number of hydrogen-bond acceptors (Lipinski definition) is 4. The van der Waals surface area contributed by atoms with Gasteiger partial charge < -0.3 is 4.90 Å². The molecule has 0 bridgehead atoms. The second-order valence-corrected chi connectivity index (χ2v) is 5.40. The van der Waals surface area contributed by atoms with Crippen LogP contribution in [0.2, 0.25) is 0 Å². The first-order valence-corrected chi connectivity index (χ1v) is 6.26. The van der Waals surface area contributed by atoms with Crippen LogP contribution in [0.25, 0.3) is 0 Å². The summed E-state index contributed by atoms with van der Waals surface area (Å²) < 4.78 is 26.8. The van der Waals surface area contributed by atoms with E-state index in [0.29, 0.717) is 0 Å². The Morgan fingerprint density at radius 1 is 1.31 bits per heavy atom. The van der Waals surface area contributed by atoms with Crippen LogP contribution in [0.5, 0.6) is 0 Å². The lowest BCUT2D eigenvalue weighted by Crippen LogP contribution is -2.37. The summed E-state index contributed by atoms with van der Waals surface area (Å²) >= 11 is 0. The van der Waals surface area contributed by atoms with Crippen molar-refractivity contribution in [3.8, 4) is 0 Å². The molecule has 0 aromatic carbocycles. The van der Waals surface area contributed by atoms with Gasteiger partial charge in [0.25, 0.3) is 10.1 Å². The average Bonchev–Trinajstić information content (AvgIpc) is 2.31. The van der Waals surface area contributed by atoms with Gasteiger partial charge in [0.05, 0.1) is 12.4 Å². The summed E-state index contributed by atoms with van der Waals surface area (Å²) in [6.45, 7) is 0. The van der Waals surface area contributed by atoms with Crippen molar-refractivity contribution in [1.82, 2.24) is 4.90 Å². The molecule has 1 fully saturated rings. The van der Waals surface area contributed by atoms with Crippen LogP contribution in [-0.4, -0.2) is 45.8 Å². The fourth-order valence-electron chi connectivity index (χ4n) is 1.83. The van der Waals surface area contributed by atoms with E-state index in [1.165, 1.54) is 0 Å². The van der Waals surface area contributed by atoms with Crippen LogP contribution in [-0.2, 0) is 14.3 Å². The van der Waals surface area contributed by atoms with E-state index < -0.39 is 10.1 Å². The van der Waals surface area contributed by atoms with Crippen LogP contribution in [0.4, 0.5) is 0 Å². The number of hydrogen-bond donors (Lipinski definition) is 0. The van der Waals surface area contributed by atoms with Crippen LogP contribution in [0.1, 0.15) is 19.3 Å². The van der Waals surface area contributed by atoms with Crippen molar-refractivity contribution in [1.29, 1.82) is 0 Å². The number of likely N-dealkylation sites (N-methyl/N-ethyl adjacent to an activating group) is 1. The first-order valence-electron chi connectivity index (χ1n) is 4.45. The molecule has 13 heavy (non-hydrogen) atoms. The highest BCUT2D eigenvalue weighted by molar-refractivity contribution is 7.86. The molecule has 2 atom stereocenters. The molecule has 1 saturated carbocycles. The molecule has 5 heteroatoms. The molecule has 0 heterocycles. The van der Waals surface area contributed by atoms with Gasteiger partial charge in [-0.3, -0.25) is 4.18 Å². The van der Waals surface area contributed by atoms with Crippen molar-refractivity contribution in [3.05, 3.63) is 0 Å². The summed E-state index contributed by atoms with van der Waals surface area (Å²) in [6.07, 6.45) is 3.87. The second-order valence-electron chi connectivity index (χ2n) is 3.80. The van der Waals surface area contributed by atoms with Crippen LogP contribution < -0.4 is 0 Å². The van der Waals surface area contributed by atoms with E-state index in [2.05, 4.69) is 0 Å². The Morgan fingerprint density at radius 2 is 1.92 bits per heavy atom. The van der Waals surface area contributed by atoms with E-state index in [1.54, 1.807) is 0 Å². The summed E-state index contributed by atoms with van der Waals surface area (Å²) in [4.78, 5) is 2.03. The third kappa shape index (κ3) is 3.25. The van der Waals surface area contributed by atoms with E-state index in [1.807, 2.05) is 19.0 Å². The molecular formula is C8H17NO3S. The summed E-state index contributed by atoms with van der Waals surface area (Å²) in [5.41, 5.74) is 0. The van der Waals surface area contributed by atoms with Crippen LogP contribution in [0.15, 0.2) is 0 Å². The molecule has 0 aliphatic heterocycles. The topological polar surface area (TPSA) is 46.6 Å². The van der Waals surface area contributed by atoms with Crippen molar-refractivity contribution in [2.24, 2.45) is 0 Å². The Hall–Kier alpha value is -0.130. The Kier molecular flexibility index (Phi) is 3.32. The van der Waals surface area contributed by atoms with Gasteiger partial charge in [-0.1, -0.05) is 0 Å². The molecule has 4 nitrogen and oxygen atoms in total. The second kappa shape index (κ2) is 3.94. The largest absolute Gasteiger partial charge is 0.304 e. The van der Waals surface area contributed by atoms with Gasteiger partial charge in [-0.25, -0.2) is 0 Å². The molecule has 0 aromatic heterocycles. The molecule has 2 unspecified atom stereocenters. The third-order valence-corrected chi connectivity index (χ3v) is 2.98. The Bertz CT molecular complexity index is 261. The van der Waals surface area contributed by atoms with Gasteiger partial charge in [-0.2, -0.15) is 8.42 Å². The molecule has 1 rings (SSSR count). The molecule has 1 aliphatic rings. The fourth-order valence-corrected chi connectivity index (χ4v) is 2.51. The molecule has 0 radical (unpaired) electrons. The summed E-state index contributed by atoms with van der Waals surface area (Å²) in [7, 11) is 0.605. The Balaban J connectivity index is 2.59. The summed E-state index contributed by atoms with van der Waals surface area (Å²) in [5, 5.41) is 0. The maximum absolute atomic E-state index is 10.9. The predicted octanol–water partition coefficient (Wildman–Crippen LogP) is 0.445. The smallest absolute Gasteiger partial charge is 0.264 e. The lowest BCUT2D eigenvalue weighted by Gasteiger charge is -2.24. The highest BCUT2D eigenvalue weighted by atomic mass is 32.2. The molecule has 0 spiro atoms. The highest BCUT2D eigenvalue weighted by Crippen LogP contribution is 2.26. The van der Waals surface area contributed by atoms with Gasteiger partial charge in [-0.15, -0.1) is 0 Å². The molecule has 0 aromatic rings. The molecule has 0 saturated heterocycles. The Labute approximate surface area is 80.0 Å². The van der Waals surface area contributed by atoms with Crippen molar-refractivity contribution in [3.63, 3.8) is 0 Å². The molecule has 1 aliphatic carbocycles. The van der Waals surface area contributed by atoms with Crippen molar-refractivity contribution >= 4 is 10.1 Å². The summed E-state index contributed by atoms with van der Waals surface area (Å²) in [6, 6.07) is 0.245. The number of rotatable bonds is 3. The van der Waals surface area contributed by atoms with E-state index in [9.17, 15) is 8.42 Å². The summed E-state index contributed by atoms with van der Waals surface area (Å²) in [5.74, 6) is 0. The fraction of sp³-hybridized carbons (Fsp3) is 1.00. The maximum Gasteiger partial charge on any atom is 0.264 e. The maximum atomic E-state index is 10.9. The quantitative estimate of drug-likeness (QED) is 0.630. The zero-order valence-electron chi connectivity index (χ0n) is 8.36.